The summed E-state index contributed by atoms with van der Waals surface area (Å²) in [6.07, 6.45) is 0.127. The van der Waals surface area contributed by atoms with Crippen LogP contribution in [-0.4, -0.2) is 30.4 Å². The van der Waals surface area contributed by atoms with Crippen molar-refractivity contribution >= 4 is 17.6 Å². The SMILES string of the molecule is CNc1cc(C(=O)NCCC(N)=O)cc(C(C)(C)C)n1. The van der Waals surface area contributed by atoms with Gasteiger partial charge in [0.25, 0.3) is 5.91 Å². The normalized spacial score (nSPS) is 11.0. The Bertz CT molecular complexity index is 506. The third kappa shape index (κ3) is 4.53. The molecule has 0 unspecified atom stereocenters. The van der Waals surface area contributed by atoms with Crippen molar-refractivity contribution in [2.75, 3.05) is 18.9 Å². The van der Waals surface area contributed by atoms with Gasteiger partial charge in [-0.25, -0.2) is 4.98 Å². The van der Waals surface area contributed by atoms with E-state index in [4.69, 9.17) is 5.73 Å². The molecule has 110 valence electrons. The number of amides is 2. The van der Waals surface area contributed by atoms with Crippen LogP contribution in [0.5, 0.6) is 0 Å². The highest BCUT2D eigenvalue weighted by Crippen LogP contribution is 2.23. The fourth-order valence-corrected chi connectivity index (χ4v) is 1.58. The van der Waals surface area contributed by atoms with E-state index in [2.05, 4.69) is 15.6 Å². The Morgan fingerprint density at radius 1 is 1.30 bits per heavy atom. The minimum atomic E-state index is -0.439. The Morgan fingerprint density at radius 3 is 2.45 bits per heavy atom. The molecule has 1 heterocycles. The van der Waals surface area contributed by atoms with Crippen LogP contribution in [0.25, 0.3) is 0 Å². The maximum Gasteiger partial charge on any atom is 0.251 e. The maximum atomic E-state index is 12.1. The second-order valence-corrected chi connectivity index (χ2v) is 5.60. The molecule has 4 N–H and O–H groups in total. The molecule has 0 atom stereocenters. The summed E-state index contributed by atoms with van der Waals surface area (Å²) < 4.78 is 0. The van der Waals surface area contributed by atoms with Crippen LogP contribution in [0, 0.1) is 0 Å². The average Bonchev–Trinajstić information content (AvgIpc) is 2.36. The predicted octanol–water partition coefficient (Wildman–Crippen LogP) is 1.03. The number of nitrogens with one attached hydrogen (secondary N) is 2. The van der Waals surface area contributed by atoms with Gasteiger partial charge in [0.2, 0.25) is 5.91 Å². The van der Waals surface area contributed by atoms with Crippen LogP contribution >= 0.6 is 0 Å². The van der Waals surface area contributed by atoms with E-state index in [9.17, 15) is 9.59 Å². The molecule has 2 amide bonds. The van der Waals surface area contributed by atoms with E-state index >= 15 is 0 Å². The predicted molar refractivity (Wildman–Crippen MR) is 78.6 cm³/mol. The lowest BCUT2D eigenvalue weighted by Gasteiger charge is -2.19. The van der Waals surface area contributed by atoms with Gasteiger partial charge in [-0.1, -0.05) is 20.8 Å². The van der Waals surface area contributed by atoms with Crippen LogP contribution in [-0.2, 0) is 10.2 Å². The average molecular weight is 278 g/mol. The lowest BCUT2D eigenvalue weighted by Crippen LogP contribution is -2.28. The van der Waals surface area contributed by atoms with E-state index < -0.39 is 5.91 Å². The van der Waals surface area contributed by atoms with E-state index in [1.165, 1.54) is 0 Å². The van der Waals surface area contributed by atoms with Gasteiger partial charge in [0.05, 0.1) is 0 Å². The Labute approximate surface area is 119 Å². The number of aromatic nitrogens is 1. The molecule has 20 heavy (non-hydrogen) atoms. The number of hydrogen-bond acceptors (Lipinski definition) is 4. The minimum Gasteiger partial charge on any atom is -0.373 e. The van der Waals surface area contributed by atoms with Crippen LogP contribution in [0.3, 0.4) is 0 Å². The first-order chi connectivity index (χ1) is 9.24. The third-order valence-electron chi connectivity index (χ3n) is 2.77. The minimum absolute atomic E-state index is 0.127. The lowest BCUT2D eigenvalue weighted by atomic mass is 9.90. The molecular weight excluding hydrogens is 256 g/mol. The zero-order valence-electron chi connectivity index (χ0n) is 12.4. The number of rotatable bonds is 5. The first-order valence-electron chi connectivity index (χ1n) is 6.51. The Hall–Kier alpha value is -2.11. The molecule has 0 saturated heterocycles. The number of hydrogen-bond donors (Lipinski definition) is 3. The largest absolute Gasteiger partial charge is 0.373 e. The summed E-state index contributed by atoms with van der Waals surface area (Å²) in [6.45, 7) is 6.33. The van der Waals surface area contributed by atoms with E-state index in [1.54, 1.807) is 19.2 Å². The van der Waals surface area contributed by atoms with E-state index in [-0.39, 0.29) is 24.3 Å². The van der Waals surface area contributed by atoms with E-state index in [0.29, 0.717) is 11.4 Å². The van der Waals surface area contributed by atoms with Crippen molar-refractivity contribution in [2.24, 2.45) is 5.73 Å². The topological polar surface area (TPSA) is 97.1 Å². The second-order valence-electron chi connectivity index (χ2n) is 5.60. The number of primary amides is 1. The van der Waals surface area contributed by atoms with Gasteiger partial charge < -0.3 is 16.4 Å². The molecule has 0 aliphatic carbocycles. The van der Waals surface area contributed by atoms with Crippen molar-refractivity contribution in [3.05, 3.63) is 23.4 Å². The molecule has 6 nitrogen and oxygen atoms in total. The Balaban J connectivity index is 2.93. The highest BCUT2D eigenvalue weighted by atomic mass is 16.2. The number of nitrogens with two attached hydrogens (primary N) is 1. The Kier molecular flexibility index (Phi) is 5.07. The summed E-state index contributed by atoms with van der Waals surface area (Å²) in [7, 11) is 1.75. The molecule has 0 bridgehead atoms. The molecule has 6 heteroatoms. The van der Waals surface area contributed by atoms with Gasteiger partial charge in [-0.3, -0.25) is 9.59 Å². The highest BCUT2D eigenvalue weighted by Gasteiger charge is 2.19. The highest BCUT2D eigenvalue weighted by molar-refractivity contribution is 5.95. The summed E-state index contributed by atoms with van der Waals surface area (Å²) in [5.41, 5.74) is 6.21. The molecule has 0 radical (unpaired) electrons. The standard InChI is InChI=1S/C14H22N4O2/c1-14(2,3)10-7-9(8-12(16-4)18-10)13(20)17-6-5-11(15)19/h7-8H,5-6H2,1-4H3,(H2,15,19)(H,16,18)(H,17,20). The zero-order chi connectivity index (χ0) is 15.3. The van der Waals surface area contributed by atoms with E-state index in [1.807, 2.05) is 20.8 Å². The van der Waals surface area contributed by atoms with Gasteiger partial charge in [0, 0.05) is 36.7 Å². The summed E-state index contributed by atoms with van der Waals surface area (Å²) >= 11 is 0. The van der Waals surface area contributed by atoms with Crippen molar-refractivity contribution in [1.29, 1.82) is 0 Å². The zero-order valence-corrected chi connectivity index (χ0v) is 12.4. The van der Waals surface area contributed by atoms with Gasteiger partial charge >= 0.3 is 0 Å². The van der Waals surface area contributed by atoms with Crippen molar-refractivity contribution in [1.82, 2.24) is 10.3 Å². The Morgan fingerprint density at radius 2 is 1.95 bits per heavy atom. The van der Waals surface area contributed by atoms with Crippen molar-refractivity contribution < 1.29 is 9.59 Å². The number of pyridine rings is 1. The van der Waals surface area contributed by atoms with Gasteiger partial charge in [0.15, 0.2) is 0 Å². The number of anilines is 1. The fraction of sp³-hybridized carbons (Fsp3) is 0.500. The molecule has 1 aromatic heterocycles. The first-order valence-corrected chi connectivity index (χ1v) is 6.51. The van der Waals surface area contributed by atoms with Crippen molar-refractivity contribution in [2.45, 2.75) is 32.6 Å². The van der Waals surface area contributed by atoms with Gasteiger partial charge in [-0.05, 0) is 12.1 Å². The molecule has 1 aromatic rings. The molecule has 1 rings (SSSR count). The van der Waals surface area contributed by atoms with Crippen molar-refractivity contribution in [3.63, 3.8) is 0 Å². The van der Waals surface area contributed by atoms with Gasteiger partial charge in [0.1, 0.15) is 5.82 Å². The molecule has 0 aliphatic rings. The van der Waals surface area contributed by atoms with Gasteiger partial charge in [-0.2, -0.15) is 0 Å². The first kappa shape index (κ1) is 15.9. The molecule has 0 spiro atoms. The summed E-state index contributed by atoms with van der Waals surface area (Å²) in [4.78, 5) is 27.2. The van der Waals surface area contributed by atoms with Crippen LogP contribution in [0.4, 0.5) is 5.82 Å². The van der Waals surface area contributed by atoms with Crippen LogP contribution < -0.4 is 16.4 Å². The maximum absolute atomic E-state index is 12.1. The molecule has 0 fully saturated rings. The summed E-state index contributed by atoms with van der Waals surface area (Å²) in [5.74, 6) is -0.0422. The van der Waals surface area contributed by atoms with E-state index in [0.717, 1.165) is 5.69 Å². The summed E-state index contributed by atoms with van der Waals surface area (Å²) in [5, 5.41) is 5.61. The monoisotopic (exact) mass is 278 g/mol. The summed E-state index contributed by atoms with van der Waals surface area (Å²) in [6, 6.07) is 3.44. The lowest BCUT2D eigenvalue weighted by molar-refractivity contribution is -0.117. The fourth-order valence-electron chi connectivity index (χ4n) is 1.58. The molecule has 0 saturated carbocycles. The molecular formula is C14H22N4O2. The third-order valence-corrected chi connectivity index (χ3v) is 2.77. The van der Waals surface area contributed by atoms with Crippen LogP contribution in [0.15, 0.2) is 12.1 Å². The van der Waals surface area contributed by atoms with Crippen molar-refractivity contribution in [3.8, 4) is 0 Å². The quantitative estimate of drug-likeness (QED) is 0.749. The number of nitrogens with zero attached hydrogens (tertiary/aromatic N) is 1. The van der Waals surface area contributed by atoms with Gasteiger partial charge in [-0.15, -0.1) is 0 Å². The molecule has 0 aromatic carbocycles. The number of carbonyl (C=O) groups excluding carboxylic acids is 2. The second kappa shape index (κ2) is 6.36. The molecule has 0 aliphatic heterocycles. The van der Waals surface area contributed by atoms with Crippen LogP contribution in [0.2, 0.25) is 0 Å². The van der Waals surface area contributed by atoms with Crippen LogP contribution in [0.1, 0.15) is 43.2 Å². The number of carbonyl (C=O) groups is 2. The smallest absolute Gasteiger partial charge is 0.251 e.